The Morgan fingerprint density at radius 2 is 1.08 bits per heavy atom. The van der Waals surface area contributed by atoms with Gasteiger partial charge in [0.05, 0.1) is 14.2 Å². The van der Waals surface area contributed by atoms with Crippen molar-refractivity contribution in [1.82, 2.24) is 0 Å². The monoisotopic (exact) mass is 744 g/mol. The fourth-order valence-electron chi connectivity index (χ4n) is 5.17. The molecule has 0 amide bonds. The second-order valence-electron chi connectivity index (χ2n) is 11.7. The molecule has 6 aromatic rings. The van der Waals surface area contributed by atoms with Gasteiger partial charge in [-0.05, 0) is 107 Å². The molecule has 2 aromatic heterocycles. The van der Waals surface area contributed by atoms with E-state index in [2.05, 4.69) is 115 Å². The van der Waals surface area contributed by atoms with E-state index in [1.165, 1.54) is 72.3 Å². The fraction of sp³-hybridized carbons (Fsp3) is 0.300. The quantitative estimate of drug-likeness (QED) is 0.0967. The highest BCUT2D eigenvalue weighted by Gasteiger charge is 2.07. The Labute approximate surface area is 302 Å². The lowest BCUT2D eigenvalue weighted by molar-refractivity contribution is 0.402. The summed E-state index contributed by atoms with van der Waals surface area (Å²) in [5, 5.41) is 19.2. The van der Waals surface area contributed by atoms with Crippen LogP contribution in [0.5, 0.6) is 11.5 Å². The molecule has 0 bridgehead atoms. The molecule has 0 atom stereocenters. The molecule has 252 valence electrons. The summed E-state index contributed by atoms with van der Waals surface area (Å²) >= 11 is 7.08. The number of rotatable bonds is 12. The smallest absolute Gasteiger partial charge is 0.451 e. The Hall–Kier alpha value is -3.14. The zero-order valence-electron chi connectivity index (χ0n) is 28.4. The van der Waals surface area contributed by atoms with Gasteiger partial charge in [0.1, 0.15) is 11.5 Å². The summed E-state index contributed by atoms with van der Waals surface area (Å²) in [7, 11) is 2.32. The van der Waals surface area contributed by atoms with Gasteiger partial charge >= 0.3 is 7.12 Å². The second kappa shape index (κ2) is 19.8. The van der Waals surface area contributed by atoms with Gasteiger partial charge in [-0.1, -0.05) is 98.3 Å². The standard InChI is InChI=1S/C20H22OS.C15H11BrOS.C5H13BO2/c1-3-4-5-6-15-7-9-16(10-8-15)19-13-17-11-12-18(21-2)14-20(17)22-19;1-17-13-7-4-11-8-14(18-15(11)9-13)10-2-5-12(16)6-3-10;1-2-3-4-5-6(7)8/h7-14H,3-6H2,1-2H3;2-9H,1H3;7-8H,2-5H2,1H3. The molecule has 2 N–H and O–H groups in total. The third kappa shape index (κ3) is 11.5. The van der Waals surface area contributed by atoms with Gasteiger partial charge in [0.25, 0.3) is 0 Å². The SMILES string of the molecule is CCCCCB(O)O.CCCCCc1ccc(-c2cc3ccc(OC)cc3s2)cc1.COc1ccc2cc(-c3ccc(Br)cc3)sc2c1. The maximum absolute atomic E-state index is 8.33. The number of thiophene rings is 2. The van der Waals surface area contributed by atoms with E-state index in [4.69, 9.17) is 19.5 Å². The summed E-state index contributed by atoms with van der Waals surface area (Å²) in [5.41, 5.74) is 4.00. The summed E-state index contributed by atoms with van der Waals surface area (Å²) in [5.74, 6) is 1.83. The molecule has 0 spiro atoms. The summed E-state index contributed by atoms with van der Waals surface area (Å²) in [6.45, 7) is 4.34. The van der Waals surface area contributed by atoms with E-state index in [9.17, 15) is 0 Å². The maximum Gasteiger partial charge on any atom is 0.451 e. The zero-order valence-corrected chi connectivity index (χ0v) is 31.6. The summed E-state index contributed by atoms with van der Waals surface area (Å²) in [6, 6.07) is 34.4. The largest absolute Gasteiger partial charge is 0.497 e. The molecular formula is C40H46BBrO4S2. The van der Waals surface area contributed by atoms with E-state index >= 15 is 0 Å². The lowest BCUT2D eigenvalue weighted by Gasteiger charge is -2.02. The van der Waals surface area contributed by atoms with Crippen molar-refractivity contribution >= 4 is 65.9 Å². The van der Waals surface area contributed by atoms with Crippen molar-refractivity contribution in [3.8, 4) is 32.4 Å². The third-order valence-electron chi connectivity index (χ3n) is 7.96. The van der Waals surface area contributed by atoms with Gasteiger partial charge in [0, 0.05) is 23.6 Å². The Morgan fingerprint density at radius 3 is 1.54 bits per heavy atom. The molecule has 0 aliphatic carbocycles. The molecule has 48 heavy (non-hydrogen) atoms. The number of ether oxygens (including phenoxy) is 2. The molecule has 0 aliphatic rings. The normalized spacial score (nSPS) is 10.6. The summed E-state index contributed by atoms with van der Waals surface area (Å²) in [4.78, 5) is 2.61. The van der Waals surface area contributed by atoms with Crippen LogP contribution in [0.15, 0.2) is 102 Å². The number of hydrogen-bond donors (Lipinski definition) is 2. The Bertz CT molecular complexity index is 1810. The lowest BCUT2D eigenvalue weighted by atomic mass is 9.84. The van der Waals surface area contributed by atoms with Gasteiger partial charge in [-0.25, -0.2) is 0 Å². The Kier molecular flexibility index (Phi) is 15.5. The van der Waals surface area contributed by atoms with Crippen LogP contribution < -0.4 is 9.47 Å². The number of methoxy groups -OCH3 is 2. The molecule has 4 aromatic carbocycles. The molecule has 2 heterocycles. The molecule has 6 rings (SSSR count). The van der Waals surface area contributed by atoms with E-state index in [1.54, 1.807) is 25.6 Å². The number of halogens is 1. The predicted octanol–water partition coefficient (Wildman–Crippen LogP) is 12.3. The lowest BCUT2D eigenvalue weighted by Crippen LogP contribution is -2.09. The first-order chi connectivity index (χ1) is 23.3. The molecule has 0 aliphatic heterocycles. The number of aryl methyl sites for hydroxylation is 1. The highest BCUT2D eigenvalue weighted by atomic mass is 79.9. The van der Waals surface area contributed by atoms with Gasteiger partial charge in [-0.15, -0.1) is 22.7 Å². The van der Waals surface area contributed by atoms with Gasteiger partial charge in [-0.3, -0.25) is 0 Å². The van der Waals surface area contributed by atoms with Gasteiger partial charge in [0.2, 0.25) is 0 Å². The first-order valence-electron chi connectivity index (χ1n) is 16.7. The van der Waals surface area contributed by atoms with Crippen LogP contribution in [0.4, 0.5) is 0 Å². The minimum Gasteiger partial charge on any atom is -0.497 e. The molecule has 8 heteroatoms. The van der Waals surface area contributed by atoms with Crippen LogP contribution in [0, 0.1) is 0 Å². The van der Waals surface area contributed by atoms with Crippen LogP contribution in [0.1, 0.15) is 57.9 Å². The van der Waals surface area contributed by atoms with E-state index in [0.29, 0.717) is 6.32 Å². The van der Waals surface area contributed by atoms with E-state index in [0.717, 1.165) is 35.2 Å². The first kappa shape index (κ1) is 37.7. The molecule has 0 unspecified atom stereocenters. The molecule has 0 radical (unpaired) electrons. The van der Waals surface area contributed by atoms with Crippen molar-refractivity contribution in [3.05, 3.63) is 107 Å². The average molecular weight is 746 g/mol. The minimum absolute atomic E-state index is 0.522. The van der Waals surface area contributed by atoms with E-state index < -0.39 is 7.12 Å². The van der Waals surface area contributed by atoms with Gasteiger partial charge < -0.3 is 19.5 Å². The predicted molar refractivity (Wildman–Crippen MR) is 213 cm³/mol. The molecule has 4 nitrogen and oxygen atoms in total. The zero-order chi connectivity index (χ0) is 34.3. The molecular weight excluding hydrogens is 699 g/mol. The second-order valence-corrected chi connectivity index (χ2v) is 14.7. The van der Waals surface area contributed by atoms with E-state index in [-0.39, 0.29) is 0 Å². The van der Waals surface area contributed by atoms with Crippen LogP contribution in [-0.2, 0) is 6.42 Å². The van der Waals surface area contributed by atoms with Crippen molar-refractivity contribution in [3.63, 3.8) is 0 Å². The Balaban J connectivity index is 0.000000180. The number of fused-ring (bicyclic) bond motifs is 2. The molecule has 0 saturated carbocycles. The van der Waals surface area contributed by atoms with Crippen molar-refractivity contribution < 1.29 is 19.5 Å². The molecule has 0 saturated heterocycles. The van der Waals surface area contributed by atoms with Crippen molar-refractivity contribution in [2.24, 2.45) is 0 Å². The van der Waals surface area contributed by atoms with E-state index in [1.807, 2.05) is 23.5 Å². The van der Waals surface area contributed by atoms with Crippen molar-refractivity contribution in [2.75, 3.05) is 14.2 Å². The number of hydrogen-bond acceptors (Lipinski definition) is 6. The average Bonchev–Trinajstić information content (AvgIpc) is 3.73. The van der Waals surface area contributed by atoms with Crippen LogP contribution >= 0.6 is 38.6 Å². The Morgan fingerprint density at radius 1 is 0.604 bits per heavy atom. The fourth-order valence-corrected chi connectivity index (χ4v) is 7.62. The van der Waals surface area contributed by atoms with Crippen LogP contribution in [-0.4, -0.2) is 31.4 Å². The van der Waals surface area contributed by atoms with Crippen LogP contribution in [0.2, 0.25) is 6.32 Å². The third-order valence-corrected chi connectivity index (χ3v) is 10.8. The van der Waals surface area contributed by atoms with Crippen LogP contribution in [0.3, 0.4) is 0 Å². The highest BCUT2D eigenvalue weighted by molar-refractivity contribution is 9.10. The summed E-state index contributed by atoms with van der Waals surface area (Å²) < 4.78 is 14.2. The van der Waals surface area contributed by atoms with Crippen molar-refractivity contribution in [2.45, 2.75) is 65.1 Å². The van der Waals surface area contributed by atoms with Crippen molar-refractivity contribution in [1.29, 1.82) is 0 Å². The summed E-state index contributed by atoms with van der Waals surface area (Å²) in [6.07, 6.45) is 8.76. The maximum atomic E-state index is 8.33. The number of benzene rings is 4. The first-order valence-corrected chi connectivity index (χ1v) is 19.1. The van der Waals surface area contributed by atoms with Crippen LogP contribution in [0.25, 0.3) is 41.1 Å². The molecule has 0 fully saturated rings. The van der Waals surface area contributed by atoms with Gasteiger partial charge in [0.15, 0.2) is 0 Å². The topological polar surface area (TPSA) is 58.9 Å². The highest BCUT2D eigenvalue weighted by Crippen LogP contribution is 2.37. The minimum atomic E-state index is -1.10. The van der Waals surface area contributed by atoms with Gasteiger partial charge in [-0.2, -0.15) is 0 Å². The number of unbranched alkanes of at least 4 members (excludes halogenated alkanes) is 4.